The number of carboxylic acids is 3. The first kappa shape index (κ1) is 19.8. The fraction of sp³-hybridized carbons (Fsp3) is 0.182. The van der Waals surface area contributed by atoms with Crippen LogP contribution in [0.1, 0.15) is 17.3 Å². The van der Waals surface area contributed by atoms with Crippen LogP contribution in [0.15, 0.2) is 30.3 Å². The lowest BCUT2D eigenvalue weighted by molar-refractivity contribution is -0.192. The number of hydrogen-bond donors (Lipinski definition) is 3. The molecule has 0 heterocycles. The molecule has 0 atom stereocenters. The van der Waals surface area contributed by atoms with Crippen LogP contribution in [0.2, 0.25) is 0 Å². The minimum atomic E-state index is -5.08. The van der Waals surface area contributed by atoms with Crippen LogP contribution in [-0.2, 0) is 9.59 Å². The Labute approximate surface area is 111 Å². The van der Waals surface area contributed by atoms with Crippen molar-refractivity contribution in [3.8, 4) is 0 Å². The zero-order valence-corrected chi connectivity index (χ0v) is 10.1. The lowest BCUT2D eigenvalue weighted by Gasteiger charge is -1.93. The van der Waals surface area contributed by atoms with E-state index in [1.54, 1.807) is 30.3 Å². The molecular formula is C11H11F3O6. The van der Waals surface area contributed by atoms with Gasteiger partial charge in [0.05, 0.1) is 5.56 Å². The highest BCUT2D eigenvalue weighted by molar-refractivity contribution is 5.87. The summed E-state index contributed by atoms with van der Waals surface area (Å²) in [5, 5.41) is 22.9. The Balaban J connectivity index is 0. The summed E-state index contributed by atoms with van der Waals surface area (Å²) in [6.07, 6.45) is -5.08. The van der Waals surface area contributed by atoms with E-state index in [0.717, 1.165) is 6.92 Å². The second-order valence-corrected chi connectivity index (χ2v) is 2.99. The first-order valence-electron chi connectivity index (χ1n) is 4.76. The van der Waals surface area contributed by atoms with E-state index in [2.05, 4.69) is 0 Å². The molecule has 1 aromatic carbocycles. The highest BCUT2D eigenvalue weighted by atomic mass is 19.4. The number of alkyl halides is 3. The third kappa shape index (κ3) is 13.5. The molecule has 0 fully saturated rings. The van der Waals surface area contributed by atoms with Crippen molar-refractivity contribution in [3.63, 3.8) is 0 Å². The smallest absolute Gasteiger partial charge is 0.481 e. The van der Waals surface area contributed by atoms with Gasteiger partial charge in [-0.25, -0.2) is 9.59 Å². The molecule has 0 unspecified atom stereocenters. The number of hydrogen-bond acceptors (Lipinski definition) is 3. The van der Waals surface area contributed by atoms with Crippen LogP contribution in [0, 0.1) is 0 Å². The predicted molar refractivity (Wildman–Crippen MR) is 60.4 cm³/mol. The molecule has 1 aromatic rings. The van der Waals surface area contributed by atoms with Crippen molar-refractivity contribution in [2.45, 2.75) is 13.1 Å². The van der Waals surface area contributed by atoms with Gasteiger partial charge in [-0.15, -0.1) is 0 Å². The average molecular weight is 296 g/mol. The van der Waals surface area contributed by atoms with Crippen LogP contribution in [0.3, 0.4) is 0 Å². The fourth-order valence-corrected chi connectivity index (χ4v) is 0.581. The number of benzene rings is 1. The van der Waals surface area contributed by atoms with Gasteiger partial charge in [-0.2, -0.15) is 13.2 Å². The van der Waals surface area contributed by atoms with Gasteiger partial charge in [0.2, 0.25) is 0 Å². The Morgan fingerprint density at radius 2 is 1.25 bits per heavy atom. The van der Waals surface area contributed by atoms with Gasteiger partial charge >= 0.3 is 18.1 Å². The van der Waals surface area contributed by atoms with Crippen LogP contribution in [0.25, 0.3) is 0 Å². The third-order valence-corrected chi connectivity index (χ3v) is 1.26. The summed E-state index contributed by atoms with van der Waals surface area (Å²) in [6.45, 7) is 1.08. The lowest BCUT2D eigenvalue weighted by atomic mass is 10.2. The molecule has 0 aliphatic rings. The van der Waals surface area contributed by atoms with Crippen molar-refractivity contribution < 1.29 is 42.9 Å². The highest BCUT2D eigenvalue weighted by Gasteiger charge is 2.38. The van der Waals surface area contributed by atoms with Crippen molar-refractivity contribution in [1.82, 2.24) is 0 Å². The molecule has 0 amide bonds. The van der Waals surface area contributed by atoms with Crippen LogP contribution >= 0.6 is 0 Å². The van der Waals surface area contributed by atoms with Crippen LogP contribution in [-0.4, -0.2) is 39.4 Å². The summed E-state index contributed by atoms with van der Waals surface area (Å²) in [4.78, 5) is 28.1. The number of aromatic carboxylic acids is 1. The maximum atomic E-state index is 10.6. The Morgan fingerprint density at radius 1 is 0.950 bits per heavy atom. The predicted octanol–water partition coefficient (Wildman–Crippen LogP) is 2.11. The Kier molecular flexibility index (Phi) is 9.25. The van der Waals surface area contributed by atoms with Crippen LogP contribution < -0.4 is 0 Å². The molecule has 0 radical (unpaired) electrons. The molecule has 20 heavy (non-hydrogen) atoms. The SMILES string of the molecule is CC(=O)O.O=C(O)C(F)(F)F.O=C(O)c1ccccc1. The zero-order valence-electron chi connectivity index (χ0n) is 10.1. The minimum absolute atomic E-state index is 0.331. The monoisotopic (exact) mass is 296 g/mol. The zero-order chi connectivity index (χ0) is 16.3. The van der Waals surface area contributed by atoms with E-state index >= 15 is 0 Å². The van der Waals surface area contributed by atoms with E-state index in [1.165, 1.54) is 0 Å². The fourth-order valence-electron chi connectivity index (χ4n) is 0.581. The quantitative estimate of drug-likeness (QED) is 0.731. The van der Waals surface area contributed by atoms with E-state index < -0.39 is 24.1 Å². The molecule has 0 spiro atoms. The van der Waals surface area contributed by atoms with E-state index in [9.17, 15) is 18.0 Å². The average Bonchev–Trinajstić information content (AvgIpc) is 2.29. The van der Waals surface area contributed by atoms with Gasteiger partial charge in [-0.1, -0.05) is 18.2 Å². The van der Waals surface area contributed by atoms with Gasteiger partial charge in [0, 0.05) is 6.92 Å². The third-order valence-electron chi connectivity index (χ3n) is 1.26. The largest absolute Gasteiger partial charge is 0.490 e. The van der Waals surface area contributed by atoms with Gasteiger partial charge in [0.15, 0.2) is 0 Å². The number of halogens is 3. The van der Waals surface area contributed by atoms with Gasteiger partial charge in [0.25, 0.3) is 5.97 Å². The van der Waals surface area contributed by atoms with E-state index in [4.69, 9.17) is 24.9 Å². The molecule has 6 nitrogen and oxygen atoms in total. The van der Waals surface area contributed by atoms with Gasteiger partial charge in [-0.05, 0) is 12.1 Å². The van der Waals surface area contributed by atoms with Gasteiger partial charge < -0.3 is 15.3 Å². The molecular weight excluding hydrogens is 285 g/mol. The van der Waals surface area contributed by atoms with Crippen molar-refractivity contribution in [2.75, 3.05) is 0 Å². The van der Waals surface area contributed by atoms with Gasteiger partial charge in [-0.3, -0.25) is 4.79 Å². The van der Waals surface area contributed by atoms with Crippen molar-refractivity contribution in [3.05, 3.63) is 35.9 Å². The number of carboxylic acid groups (broad SMARTS) is 3. The van der Waals surface area contributed by atoms with E-state index in [1.807, 2.05) is 0 Å². The van der Waals surface area contributed by atoms with E-state index in [0.29, 0.717) is 5.56 Å². The second kappa shape index (κ2) is 9.36. The topological polar surface area (TPSA) is 112 Å². The maximum Gasteiger partial charge on any atom is 0.490 e. The van der Waals surface area contributed by atoms with E-state index in [-0.39, 0.29) is 0 Å². The Morgan fingerprint density at radius 3 is 1.40 bits per heavy atom. The standard InChI is InChI=1S/C7H6O2.C2HF3O2.C2H4O2/c8-7(9)6-4-2-1-3-5-6;3-2(4,5)1(6)7;1-2(3)4/h1-5H,(H,8,9);(H,6,7);1H3,(H,3,4). The summed E-state index contributed by atoms with van der Waals surface area (Å²) in [5.41, 5.74) is 0.331. The molecule has 0 saturated carbocycles. The molecule has 1 rings (SSSR count). The molecule has 112 valence electrons. The second-order valence-electron chi connectivity index (χ2n) is 2.99. The van der Waals surface area contributed by atoms with Crippen molar-refractivity contribution in [2.24, 2.45) is 0 Å². The van der Waals surface area contributed by atoms with Crippen LogP contribution in [0.4, 0.5) is 13.2 Å². The molecule has 0 aromatic heterocycles. The molecule has 0 saturated heterocycles. The summed E-state index contributed by atoms with van der Waals surface area (Å²) in [5.74, 6) is -4.47. The normalized spacial score (nSPS) is 9.20. The number of aliphatic carboxylic acids is 2. The number of carbonyl (C=O) groups is 3. The molecule has 0 aliphatic carbocycles. The summed E-state index contributed by atoms with van der Waals surface area (Å²) >= 11 is 0. The van der Waals surface area contributed by atoms with Gasteiger partial charge in [0.1, 0.15) is 0 Å². The minimum Gasteiger partial charge on any atom is -0.481 e. The molecule has 0 bridgehead atoms. The Bertz CT molecular complexity index is 437. The van der Waals surface area contributed by atoms with Crippen molar-refractivity contribution in [1.29, 1.82) is 0 Å². The summed E-state index contributed by atoms with van der Waals surface area (Å²) in [6, 6.07) is 8.30. The summed E-state index contributed by atoms with van der Waals surface area (Å²) < 4.78 is 31.7. The first-order valence-corrected chi connectivity index (χ1v) is 4.76. The summed E-state index contributed by atoms with van der Waals surface area (Å²) in [7, 11) is 0. The van der Waals surface area contributed by atoms with Crippen molar-refractivity contribution >= 4 is 17.9 Å². The molecule has 9 heteroatoms. The lowest BCUT2D eigenvalue weighted by Crippen LogP contribution is -2.21. The number of rotatable bonds is 1. The first-order chi connectivity index (χ1) is 8.98. The van der Waals surface area contributed by atoms with Crippen LogP contribution in [0.5, 0.6) is 0 Å². The molecule has 0 aliphatic heterocycles. The molecule has 3 N–H and O–H groups in total. The highest BCUT2D eigenvalue weighted by Crippen LogP contribution is 2.13. The Hall–Kier alpha value is -2.58. The maximum absolute atomic E-state index is 10.6.